The van der Waals surface area contributed by atoms with Gasteiger partial charge in [-0.2, -0.15) is 0 Å². The molecule has 0 amide bonds. The van der Waals surface area contributed by atoms with Crippen LogP contribution in [0.1, 0.15) is 38.5 Å². The maximum atomic E-state index is 11.3. The molecule has 2 fully saturated rings. The minimum Gasteiger partial charge on any atom is -0.469 e. The molecule has 1 N–H and O–H groups in total. The molecule has 0 heterocycles. The molecule has 0 aromatic rings. The van der Waals surface area contributed by atoms with E-state index in [9.17, 15) is 4.79 Å². The maximum Gasteiger partial charge on any atom is 0.308 e. The normalized spacial score (nSPS) is 28.3. The van der Waals surface area contributed by atoms with Gasteiger partial charge in [-0.1, -0.05) is 0 Å². The van der Waals surface area contributed by atoms with Crippen LogP contribution in [0.5, 0.6) is 0 Å². The van der Waals surface area contributed by atoms with Gasteiger partial charge in [0.1, 0.15) is 0 Å². The summed E-state index contributed by atoms with van der Waals surface area (Å²) in [5, 5.41) is 3.56. The van der Waals surface area contributed by atoms with Crippen LogP contribution < -0.4 is 5.32 Å². The van der Waals surface area contributed by atoms with Gasteiger partial charge in [-0.05, 0) is 63.5 Å². The van der Waals surface area contributed by atoms with Crippen LogP contribution in [-0.4, -0.2) is 26.2 Å². The Bertz CT molecular complexity index is 236. The predicted molar refractivity (Wildman–Crippen MR) is 70.3 cm³/mol. The molecule has 100 valence electrons. The summed E-state index contributed by atoms with van der Waals surface area (Å²) in [6, 6.07) is 0. The number of rotatable bonds is 5. The van der Waals surface area contributed by atoms with Crippen molar-refractivity contribution in [3.8, 4) is 0 Å². The summed E-state index contributed by atoms with van der Waals surface area (Å²) in [6.07, 6.45) is 7.23. The average Bonchev–Trinajstić information content (AvgIpc) is 3.13. The first kappa shape index (κ1) is 14.8. The largest absolute Gasteiger partial charge is 0.469 e. The van der Waals surface area contributed by atoms with Gasteiger partial charge in [-0.25, -0.2) is 0 Å². The lowest BCUT2D eigenvalue weighted by Gasteiger charge is -2.27. The molecule has 2 aliphatic rings. The van der Waals surface area contributed by atoms with Crippen LogP contribution in [0.2, 0.25) is 0 Å². The summed E-state index contributed by atoms with van der Waals surface area (Å²) < 4.78 is 4.79. The van der Waals surface area contributed by atoms with Crippen LogP contribution in [0, 0.1) is 17.8 Å². The number of ether oxygens (including phenoxy) is 1. The quantitative estimate of drug-likeness (QED) is 0.773. The first-order valence-corrected chi connectivity index (χ1v) is 6.58. The number of halogens is 1. The molecule has 0 atom stereocenters. The van der Waals surface area contributed by atoms with E-state index < -0.39 is 0 Å². The van der Waals surface area contributed by atoms with Crippen LogP contribution in [-0.2, 0) is 9.53 Å². The zero-order chi connectivity index (χ0) is 11.4. The van der Waals surface area contributed by atoms with Crippen molar-refractivity contribution in [2.24, 2.45) is 17.8 Å². The zero-order valence-corrected chi connectivity index (χ0v) is 11.4. The molecular formula is C13H24ClNO2. The highest BCUT2D eigenvalue weighted by atomic mass is 35.5. The van der Waals surface area contributed by atoms with Gasteiger partial charge in [-0.15, -0.1) is 12.4 Å². The molecular weight excluding hydrogens is 238 g/mol. The Morgan fingerprint density at radius 2 is 1.53 bits per heavy atom. The van der Waals surface area contributed by atoms with Gasteiger partial charge in [0.05, 0.1) is 13.0 Å². The monoisotopic (exact) mass is 261 g/mol. The lowest BCUT2D eigenvalue weighted by Crippen LogP contribution is -2.30. The van der Waals surface area contributed by atoms with Gasteiger partial charge in [-0.3, -0.25) is 4.79 Å². The van der Waals surface area contributed by atoms with E-state index in [0.717, 1.165) is 31.2 Å². The molecule has 2 rings (SSSR count). The van der Waals surface area contributed by atoms with Crippen molar-refractivity contribution in [3.63, 3.8) is 0 Å². The average molecular weight is 262 g/mol. The van der Waals surface area contributed by atoms with Gasteiger partial charge in [0, 0.05) is 0 Å². The zero-order valence-electron chi connectivity index (χ0n) is 10.6. The van der Waals surface area contributed by atoms with Crippen LogP contribution in [0.15, 0.2) is 0 Å². The van der Waals surface area contributed by atoms with E-state index in [0.29, 0.717) is 0 Å². The van der Waals surface area contributed by atoms with E-state index in [2.05, 4.69) is 5.32 Å². The summed E-state index contributed by atoms with van der Waals surface area (Å²) in [5.41, 5.74) is 0. The Kier molecular flexibility index (Phi) is 6.28. The van der Waals surface area contributed by atoms with Crippen LogP contribution in [0.3, 0.4) is 0 Å². The highest BCUT2D eigenvalue weighted by Crippen LogP contribution is 2.30. The smallest absolute Gasteiger partial charge is 0.308 e. The van der Waals surface area contributed by atoms with Crippen molar-refractivity contribution >= 4 is 18.4 Å². The fourth-order valence-electron chi connectivity index (χ4n) is 2.58. The van der Waals surface area contributed by atoms with Crippen LogP contribution in [0.4, 0.5) is 0 Å². The third-order valence-corrected chi connectivity index (χ3v) is 3.94. The van der Waals surface area contributed by atoms with Gasteiger partial charge in [0.15, 0.2) is 0 Å². The number of methoxy groups -OCH3 is 1. The van der Waals surface area contributed by atoms with E-state index >= 15 is 0 Å². The second-order valence-corrected chi connectivity index (χ2v) is 5.34. The molecule has 3 nitrogen and oxygen atoms in total. The number of esters is 1. The van der Waals surface area contributed by atoms with Crippen LogP contribution in [0.25, 0.3) is 0 Å². The van der Waals surface area contributed by atoms with E-state index in [-0.39, 0.29) is 24.3 Å². The number of carbonyl (C=O) groups excluding carboxylic acids is 1. The van der Waals surface area contributed by atoms with Crippen LogP contribution >= 0.6 is 12.4 Å². The third kappa shape index (κ3) is 4.84. The first-order chi connectivity index (χ1) is 7.79. The first-order valence-electron chi connectivity index (χ1n) is 6.58. The Morgan fingerprint density at radius 1 is 1.06 bits per heavy atom. The summed E-state index contributed by atoms with van der Waals surface area (Å²) in [5.74, 6) is 1.90. The van der Waals surface area contributed by atoms with E-state index in [1.807, 2.05) is 0 Å². The van der Waals surface area contributed by atoms with E-state index in [1.165, 1.54) is 39.3 Å². The molecule has 0 unspecified atom stereocenters. The van der Waals surface area contributed by atoms with Gasteiger partial charge in [0.25, 0.3) is 0 Å². The molecule has 2 saturated carbocycles. The molecule has 0 aromatic heterocycles. The van der Waals surface area contributed by atoms with Crippen molar-refractivity contribution in [2.45, 2.75) is 38.5 Å². The number of hydrogen-bond donors (Lipinski definition) is 1. The Hall–Kier alpha value is -0.280. The molecule has 0 bridgehead atoms. The van der Waals surface area contributed by atoms with Crippen molar-refractivity contribution < 1.29 is 9.53 Å². The van der Waals surface area contributed by atoms with Gasteiger partial charge >= 0.3 is 5.97 Å². The molecule has 17 heavy (non-hydrogen) atoms. The second-order valence-electron chi connectivity index (χ2n) is 5.34. The fraction of sp³-hybridized carbons (Fsp3) is 0.923. The summed E-state index contributed by atoms with van der Waals surface area (Å²) >= 11 is 0. The number of hydrogen-bond acceptors (Lipinski definition) is 3. The Labute approximate surface area is 110 Å². The highest BCUT2D eigenvalue weighted by Gasteiger charge is 2.27. The predicted octanol–water partition coefficient (Wildman–Crippen LogP) is 2.39. The molecule has 0 aromatic carbocycles. The third-order valence-electron chi connectivity index (χ3n) is 3.94. The molecule has 4 heteroatoms. The van der Waals surface area contributed by atoms with Crippen molar-refractivity contribution in [2.75, 3.05) is 20.2 Å². The molecule has 0 aliphatic heterocycles. The minimum atomic E-state index is -0.00982. The van der Waals surface area contributed by atoms with E-state index in [1.54, 1.807) is 0 Å². The van der Waals surface area contributed by atoms with E-state index in [4.69, 9.17) is 4.74 Å². The van der Waals surface area contributed by atoms with Crippen molar-refractivity contribution in [1.29, 1.82) is 0 Å². The van der Waals surface area contributed by atoms with Gasteiger partial charge < -0.3 is 10.1 Å². The van der Waals surface area contributed by atoms with Crippen molar-refractivity contribution in [1.82, 2.24) is 5.32 Å². The molecule has 0 saturated heterocycles. The second kappa shape index (κ2) is 7.22. The molecule has 2 aliphatic carbocycles. The Balaban J connectivity index is 0.00000144. The minimum absolute atomic E-state index is 0. The SMILES string of the molecule is COC(=O)C1CCC(CNCC2CC2)CC1.Cl. The Morgan fingerprint density at radius 3 is 1.94 bits per heavy atom. The summed E-state index contributed by atoms with van der Waals surface area (Å²) in [4.78, 5) is 11.3. The summed E-state index contributed by atoms with van der Waals surface area (Å²) in [7, 11) is 1.49. The molecule has 0 radical (unpaired) electrons. The fourth-order valence-corrected chi connectivity index (χ4v) is 2.58. The molecule has 0 spiro atoms. The lowest BCUT2D eigenvalue weighted by molar-refractivity contribution is -0.146. The maximum absolute atomic E-state index is 11.3. The highest BCUT2D eigenvalue weighted by molar-refractivity contribution is 5.85. The van der Waals surface area contributed by atoms with Crippen molar-refractivity contribution in [3.05, 3.63) is 0 Å². The van der Waals surface area contributed by atoms with Gasteiger partial charge in [0.2, 0.25) is 0 Å². The number of carbonyl (C=O) groups is 1. The standard InChI is InChI=1S/C13H23NO2.ClH/c1-16-13(15)12-6-4-11(5-7-12)9-14-8-10-2-3-10;/h10-12,14H,2-9H2,1H3;1H. The lowest BCUT2D eigenvalue weighted by atomic mass is 9.82. The number of nitrogens with one attached hydrogen (secondary N) is 1. The summed E-state index contributed by atoms with van der Waals surface area (Å²) in [6.45, 7) is 2.35. The topological polar surface area (TPSA) is 38.3 Å².